The van der Waals surface area contributed by atoms with Crippen molar-refractivity contribution in [1.82, 2.24) is 4.98 Å². The Morgan fingerprint density at radius 2 is 2.04 bits per heavy atom. The zero-order valence-electron chi connectivity index (χ0n) is 14.1. The van der Waals surface area contributed by atoms with Crippen molar-refractivity contribution in [2.24, 2.45) is 0 Å². The molecule has 128 valence electrons. The Bertz CT molecular complexity index is 755. The van der Waals surface area contributed by atoms with Crippen LogP contribution in [0.15, 0.2) is 18.2 Å². The number of aryl methyl sites for hydroxylation is 2. The summed E-state index contributed by atoms with van der Waals surface area (Å²) < 4.78 is 10.2. The number of nitrogens with one attached hydrogen (secondary N) is 1. The van der Waals surface area contributed by atoms with Gasteiger partial charge in [-0.2, -0.15) is 0 Å². The quantitative estimate of drug-likeness (QED) is 0.812. The van der Waals surface area contributed by atoms with Crippen LogP contribution < -0.4 is 10.1 Å². The van der Waals surface area contributed by atoms with Gasteiger partial charge >= 0.3 is 5.97 Å². The highest BCUT2D eigenvalue weighted by Crippen LogP contribution is 2.24. The van der Waals surface area contributed by atoms with E-state index in [1.54, 1.807) is 21.0 Å². The van der Waals surface area contributed by atoms with E-state index in [0.717, 1.165) is 28.2 Å². The van der Waals surface area contributed by atoms with Gasteiger partial charge in [-0.15, -0.1) is 0 Å². The smallest absolute Gasteiger partial charge is 0.350 e. The monoisotopic (exact) mass is 348 g/mol. The lowest BCUT2D eigenvalue weighted by atomic mass is 10.1. The van der Waals surface area contributed by atoms with Crippen LogP contribution in [0.4, 0.5) is 5.13 Å². The molecule has 0 unspecified atom stereocenters. The maximum atomic E-state index is 12.2. The van der Waals surface area contributed by atoms with Crippen LogP contribution in [0, 0.1) is 13.8 Å². The summed E-state index contributed by atoms with van der Waals surface area (Å²) >= 11 is 1.12. The summed E-state index contributed by atoms with van der Waals surface area (Å²) in [5.41, 5.74) is 2.40. The van der Waals surface area contributed by atoms with E-state index in [2.05, 4.69) is 10.3 Å². The number of hydrogen-bond donors (Lipinski definition) is 1. The lowest BCUT2D eigenvalue weighted by molar-refractivity contribution is -0.115. The molecule has 24 heavy (non-hydrogen) atoms. The number of aromatic nitrogens is 1. The van der Waals surface area contributed by atoms with Gasteiger partial charge in [0, 0.05) is 0 Å². The van der Waals surface area contributed by atoms with Crippen LogP contribution >= 0.6 is 11.3 Å². The lowest BCUT2D eigenvalue weighted by Crippen LogP contribution is -2.14. The Labute approximate surface area is 144 Å². The largest absolute Gasteiger partial charge is 0.496 e. The molecular weight excluding hydrogens is 328 g/mol. The number of benzene rings is 1. The van der Waals surface area contributed by atoms with Crippen LogP contribution in [0.5, 0.6) is 5.75 Å². The first-order valence-corrected chi connectivity index (χ1v) is 8.34. The van der Waals surface area contributed by atoms with Gasteiger partial charge in [0.05, 0.1) is 25.8 Å². The molecule has 1 N–H and O–H groups in total. The highest BCUT2D eigenvalue weighted by atomic mass is 32.1. The van der Waals surface area contributed by atoms with E-state index in [1.165, 1.54) is 0 Å². The second-order valence-corrected chi connectivity index (χ2v) is 6.18. The molecule has 0 saturated heterocycles. The number of carbonyl (C=O) groups is 2. The van der Waals surface area contributed by atoms with Gasteiger partial charge in [0.2, 0.25) is 5.91 Å². The minimum absolute atomic E-state index is 0.191. The Morgan fingerprint density at radius 1 is 1.29 bits per heavy atom. The van der Waals surface area contributed by atoms with Crippen molar-refractivity contribution in [1.29, 1.82) is 0 Å². The van der Waals surface area contributed by atoms with Crippen LogP contribution in [0.2, 0.25) is 0 Å². The van der Waals surface area contributed by atoms with Gasteiger partial charge in [0.1, 0.15) is 10.6 Å². The number of ether oxygens (including phenoxy) is 2. The van der Waals surface area contributed by atoms with E-state index in [9.17, 15) is 9.59 Å². The summed E-state index contributed by atoms with van der Waals surface area (Å²) in [6.45, 7) is 5.68. The molecule has 0 atom stereocenters. The maximum absolute atomic E-state index is 12.2. The van der Waals surface area contributed by atoms with Crippen LogP contribution in [0.3, 0.4) is 0 Å². The van der Waals surface area contributed by atoms with Crippen LogP contribution in [-0.2, 0) is 16.0 Å². The minimum atomic E-state index is -0.418. The van der Waals surface area contributed by atoms with Crippen molar-refractivity contribution in [2.75, 3.05) is 19.0 Å². The number of hydrogen-bond acceptors (Lipinski definition) is 6. The molecule has 1 aromatic heterocycles. The third-order valence-corrected chi connectivity index (χ3v) is 4.38. The Hall–Kier alpha value is -2.41. The summed E-state index contributed by atoms with van der Waals surface area (Å²) in [6.07, 6.45) is 0.220. The molecular formula is C17H20N2O4S. The zero-order valence-corrected chi connectivity index (χ0v) is 15.0. The highest BCUT2D eigenvalue weighted by molar-refractivity contribution is 7.17. The summed E-state index contributed by atoms with van der Waals surface area (Å²) in [5.74, 6) is 0.177. The first-order valence-electron chi connectivity index (χ1n) is 7.52. The number of esters is 1. The predicted octanol–water partition coefficient (Wildman–Crippen LogP) is 3.13. The van der Waals surface area contributed by atoms with Crippen LogP contribution in [-0.4, -0.2) is 30.6 Å². The number of nitrogens with zero attached hydrogens (tertiary/aromatic N) is 1. The maximum Gasteiger partial charge on any atom is 0.350 e. The molecule has 0 aliphatic heterocycles. The van der Waals surface area contributed by atoms with Crippen molar-refractivity contribution in [2.45, 2.75) is 27.2 Å². The molecule has 0 fully saturated rings. The van der Waals surface area contributed by atoms with E-state index in [4.69, 9.17) is 9.47 Å². The van der Waals surface area contributed by atoms with Gasteiger partial charge in [0.25, 0.3) is 0 Å². The Balaban J connectivity index is 2.03. The number of methoxy groups -OCH3 is 1. The zero-order chi connectivity index (χ0) is 17.7. The average molecular weight is 348 g/mol. The topological polar surface area (TPSA) is 77.5 Å². The fraction of sp³-hybridized carbons (Fsp3) is 0.353. The molecule has 0 aliphatic carbocycles. The van der Waals surface area contributed by atoms with Crippen LogP contribution in [0.25, 0.3) is 0 Å². The molecule has 7 heteroatoms. The Morgan fingerprint density at radius 3 is 2.67 bits per heavy atom. The summed E-state index contributed by atoms with van der Waals surface area (Å²) in [4.78, 5) is 28.6. The van der Waals surface area contributed by atoms with E-state index in [0.29, 0.717) is 22.3 Å². The summed E-state index contributed by atoms with van der Waals surface area (Å²) in [7, 11) is 1.61. The molecule has 2 aromatic rings. The number of amides is 1. The first-order chi connectivity index (χ1) is 11.4. The molecule has 1 amide bonds. The lowest BCUT2D eigenvalue weighted by Gasteiger charge is -2.07. The number of rotatable bonds is 6. The summed E-state index contributed by atoms with van der Waals surface area (Å²) in [6, 6.07) is 5.60. The second-order valence-electron chi connectivity index (χ2n) is 5.18. The third kappa shape index (κ3) is 4.32. The Kier molecular flexibility index (Phi) is 5.92. The van der Waals surface area contributed by atoms with Gasteiger partial charge < -0.3 is 14.8 Å². The molecule has 0 aliphatic rings. The molecule has 2 rings (SSSR count). The molecule has 0 saturated carbocycles. The average Bonchev–Trinajstić information content (AvgIpc) is 2.88. The van der Waals surface area contributed by atoms with Crippen molar-refractivity contribution in [3.8, 4) is 5.75 Å². The van der Waals surface area contributed by atoms with Gasteiger partial charge in [-0.05, 0) is 38.0 Å². The van der Waals surface area contributed by atoms with Crippen LogP contribution in [0.1, 0.15) is 33.4 Å². The van der Waals surface area contributed by atoms with E-state index < -0.39 is 5.97 Å². The molecule has 1 heterocycles. The standard InChI is InChI=1S/C17H20N2O4S/c1-5-23-16(21)15-11(3)18-17(24-15)19-14(20)9-12-6-7-13(22-4)10(2)8-12/h6-8H,5,9H2,1-4H3,(H,18,19,20). The molecule has 6 nitrogen and oxygen atoms in total. The minimum Gasteiger partial charge on any atom is -0.496 e. The first kappa shape index (κ1) is 17.9. The second kappa shape index (κ2) is 7.92. The SMILES string of the molecule is CCOC(=O)c1sc(NC(=O)Cc2ccc(OC)c(C)c2)nc1C. The highest BCUT2D eigenvalue weighted by Gasteiger charge is 2.17. The van der Waals surface area contributed by atoms with Gasteiger partial charge in [-0.25, -0.2) is 9.78 Å². The molecule has 0 radical (unpaired) electrons. The van der Waals surface area contributed by atoms with Crippen molar-refractivity contribution in [3.05, 3.63) is 39.9 Å². The van der Waals surface area contributed by atoms with Gasteiger partial charge in [-0.3, -0.25) is 4.79 Å². The molecule has 1 aromatic carbocycles. The summed E-state index contributed by atoms with van der Waals surface area (Å²) in [5, 5.41) is 3.12. The third-order valence-electron chi connectivity index (χ3n) is 3.33. The van der Waals surface area contributed by atoms with E-state index in [1.807, 2.05) is 25.1 Å². The van der Waals surface area contributed by atoms with Crippen molar-refractivity contribution < 1.29 is 19.1 Å². The van der Waals surface area contributed by atoms with Gasteiger partial charge in [0.15, 0.2) is 5.13 Å². The van der Waals surface area contributed by atoms with E-state index >= 15 is 0 Å². The normalized spacial score (nSPS) is 10.3. The van der Waals surface area contributed by atoms with Crippen molar-refractivity contribution in [3.63, 3.8) is 0 Å². The van der Waals surface area contributed by atoms with E-state index in [-0.39, 0.29) is 12.3 Å². The molecule has 0 bridgehead atoms. The number of carbonyl (C=O) groups excluding carboxylic acids is 2. The van der Waals surface area contributed by atoms with Crippen molar-refractivity contribution >= 4 is 28.3 Å². The van der Waals surface area contributed by atoms with Gasteiger partial charge in [-0.1, -0.05) is 23.5 Å². The molecule has 0 spiro atoms. The fourth-order valence-electron chi connectivity index (χ4n) is 2.24. The number of anilines is 1. The number of thiazole rings is 1. The predicted molar refractivity (Wildman–Crippen MR) is 92.9 cm³/mol. The fourth-order valence-corrected chi connectivity index (χ4v) is 3.11.